The first-order chi connectivity index (χ1) is 7.22. The molecule has 1 aliphatic heterocycles. The van der Waals surface area contributed by atoms with E-state index in [1.807, 2.05) is 12.3 Å². The van der Waals surface area contributed by atoms with E-state index in [1.54, 1.807) is 7.11 Å². The SMILES string of the molecule is COC1CCN(c2nccc(C)c2Br)C1. The largest absolute Gasteiger partial charge is 0.380 e. The molecule has 15 heavy (non-hydrogen) atoms. The number of methoxy groups -OCH3 is 1. The number of anilines is 1. The number of hydrogen-bond acceptors (Lipinski definition) is 3. The fraction of sp³-hybridized carbons (Fsp3) is 0.545. The molecule has 1 fully saturated rings. The minimum absolute atomic E-state index is 0.346. The number of aryl methyl sites for hydroxylation is 1. The summed E-state index contributed by atoms with van der Waals surface area (Å²) in [5.74, 6) is 1.04. The van der Waals surface area contributed by atoms with Crippen LogP contribution in [0, 0.1) is 6.92 Å². The molecule has 1 aliphatic rings. The maximum atomic E-state index is 5.35. The van der Waals surface area contributed by atoms with Crippen molar-refractivity contribution in [3.8, 4) is 0 Å². The number of halogens is 1. The average molecular weight is 271 g/mol. The maximum Gasteiger partial charge on any atom is 0.143 e. The van der Waals surface area contributed by atoms with Crippen LogP contribution in [0.2, 0.25) is 0 Å². The van der Waals surface area contributed by atoms with Crippen LogP contribution in [0.3, 0.4) is 0 Å². The number of rotatable bonds is 2. The van der Waals surface area contributed by atoms with Gasteiger partial charge in [-0.2, -0.15) is 0 Å². The zero-order valence-corrected chi connectivity index (χ0v) is 10.6. The number of ether oxygens (including phenoxy) is 1. The van der Waals surface area contributed by atoms with Crippen molar-refractivity contribution in [1.29, 1.82) is 0 Å². The second-order valence-corrected chi connectivity index (χ2v) is 4.65. The Hall–Kier alpha value is -0.610. The van der Waals surface area contributed by atoms with Gasteiger partial charge in [-0.3, -0.25) is 0 Å². The lowest BCUT2D eigenvalue weighted by Crippen LogP contribution is -2.23. The summed E-state index contributed by atoms with van der Waals surface area (Å²) in [4.78, 5) is 6.68. The zero-order chi connectivity index (χ0) is 10.8. The molecule has 4 heteroatoms. The molecule has 3 nitrogen and oxygen atoms in total. The van der Waals surface area contributed by atoms with E-state index in [0.717, 1.165) is 29.8 Å². The van der Waals surface area contributed by atoms with Crippen molar-refractivity contribution in [1.82, 2.24) is 4.98 Å². The van der Waals surface area contributed by atoms with Crippen molar-refractivity contribution in [2.45, 2.75) is 19.4 Å². The lowest BCUT2D eigenvalue weighted by molar-refractivity contribution is 0.121. The highest BCUT2D eigenvalue weighted by Gasteiger charge is 2.24. The van der Waals surface area contributed by atoms with E-state index in [4.69, 9.17) is 4.74 Å². The third kappa shape index (κ3) is 2.16. The summed E-state index contributed by atoms with van der Waals surface area (Å²) in [6, 6.07) is 2.01. The lowest BCUT2D eigenvalue weighted by Gasteiger charge is -2.19. The van der Waals surface area contributed by atoms with Crippen molar-refractivity contribution < 1.29 is 4.74 Å². The molecule has 0 saturated carbocycles. The van der Waals surface area contributed by atoms with Gasteiger partial charge in [0.15, 0.2) is 0 Å². The Morgan fingerprint density at radius 1 is 1.60 bits per heavy atom. The van der Waals surface area contributed by atoms with Gasteiger partial charge in [-0.05, 0) is 40.9 Å². The van der Waals surface area contributed by atoms with Gasteiger partial charge in [0, 0.05) is 26.4 Å². The highest BCUT2D eigenvalue weighted by molar-refractivity contribution is 9.10. The highest BCUT2D eigenvalue weighted by atomic mass is 79.9. The number of aromatic nitrogens is 1. The minimum Gasteiger partial charge on any atom is -0.380 e. The Balaban J connectivity index is 2.20. The van der Waals surface area contributed by atoms with E-state index in [-0.39, 0.29) is 0 Å². The molecule has 0 bridgehead atoms. The second-order valence-electron chi connectivity index (χ2n) is 3.86. The van der Waals surface area contributed by atoms with Gasteiger partial charge in [0.25, 0.3) is 0 Å². The molecule has 1 atom stereocenters. The van der Waals surface area contributed by atoms with Crippen molar-refractivity contribution in [2.75, 3.05) is 25.1 Å². The molecule has 1 aromatic heterocycles. The van der Waals surface area contributed by atoms with Gasteiger partial charge in [0.05, 0.1) is 10.6 Å². The lowest BCUT2D eigenvalue weighted by atomic mass is 10.3. The van der Waals surface area contributed by atoms with Crippen LogP contribution >= 0.6 is 15.9 Å². The molecule has 0 spiro atoms. The number of nitrogens with zero attached hydrogens (tertiary/aromatic N) is 2. The topological polar surface area (TPSA) is 25.4 Å². The first kappa shape index (κ1) is 10.9. The highest BCUT2D eigenvalue weighted by Crippen LogP contribution is 2.29. The molecule has 0 aromatic carbocycles. The van der Waals surface area contributed by atoms with Crippen LogP contribution in [0.1, 0.15) is 12.0 Å². The summed E-state index contributed by atoms with van der Waals surface area (Å²) >= 11 is 3.59. The summed E-state index contributed by atoms with van der Waals surface area (Å²) < 4.78 is 6.45. The van der Waals surface area contributed by atoms with Crippen molar-refractivity contribution >= 4 is 21.7 Å². The molecule has 1 unspecified atom stereocenters. The van der Waals surface area contributed by atoms with Gasteiger partial charge in [0.1, 0.15) is 5.82 Å². The van der Waals surface area contributed by atoms with E-state index in [9.17, 15) is 0 Å². The zero-order valence-electron chi connectivity index (χ0n) is 9.03. The first-order valence-electron chi connectivity index (χ1n) is 5.11. The third-order valence-electron chi connectivity index (χ3n) is 2.84. The number of pyridine rings is 1. The van der Waals surface area contributed by atoms with Crippen LogP contribution in [0.15, 0.2) is 16.7 Å². The van der Waals surface area contributed by atoms with Crippen molar-refractivity contribution in [2.24, 2.45) is 0 Å². The molecule has 0 radical (unpaired) electrons. The van der Waals surface area contributed by atoms with Gasteiger partial charge in [0.2, 0.25) is 0 Å². The molecule has 1 saturated heterocycles. The molecular weight excluding hydrogens is 256 g/mol. The molecule has 0 N–H and O–H groups in total. The smallest absolute Gasteiger partial charge is 0.143 e. The van der Waals surface area contributed by atoms with Gasteiger partial charge >= 0.3 is 0 Å². The van der Waals surface area contributed by atoms with E-state index in [2.05, 4.69) is 32.7 Å². The van der Waals surface area contributed by atoms with Gasteiger partial charge in [-0.25, -0.2) is 4.98 Å². The Morgan fingerprint density at radius 2 is 2.40 bits per heavy atom. The standard InChI is InChI=1S/C11H15BrN2O/c1-8-3-5-13-11(10(8)12)14-6-4-9(7-14)15-2/h3,5,9H,4,6-7H2,1-2H3. The maximum absolute atomic E-state index is 5.35. The van der Waals surface area contributed by atoms with Gasteiger partial charge in [-0.15, -0.1) is 0 Å². The van der Waals surface area contributed by atoms with Crippen molar-refractivity contribution in [3.05, 3.63) is 22.3 Å². The summed E-state index contributed by atoms with van der Waals surface area (Å²) in [6.45, 7) is 4.04. The molecule has 82 valence electrons. The van der Waals surface area contributed by atoms with Gasteiger partial charge in [-0.1, -0.05) is 0 Å². The first-order valence-corrected chi connectivity index (χ1v) is 5.90. The molecule has 0 amide bonds. The van der Waals surface area contributed by atoms with Crippen LogP contribution < -0.4 is 4.90 Å². The normalized spacial score (nSPS) is 21.0. The monoisotopic (exact) mass is 270 g/mol. The third-order valence-corrected chi connectivity index (χ3v) is 3.82. The molecule has 2 rings (SSSR count). The quantitative estimate of drug-likeness (QED) is 0.825. The van der Waals surface area contributed by atoms with E-state index >= 15 is 0 Å². The minimum atomic E-state index is 0.346. The molecular formula is C11H15BrN2O. The van der Waals surface area contributed by atoms with E-state index in [1.165, 1.54) is 5.56 Å². The molecule has 1 aromatic rings. The average Bonchev–Trinajstić information content (AvgIpc) is 2.70. The summed E-state index contributed by atoms with van der Waals surface area (Å²) in [5.41, 5.74) is 1.22. The van der Waals surface area contributed by atoms with Crippen LogP contribution in [0.4, 0.5) is 5.82 Å². The van der Waals surface area contributed by atoms with Crippen LogP contribution in [-0.4, -0.2) is 31.3 Å². The van der Waals surface area contributed by atoms with E-state index < -0.39 is 0 Å². The second kappa shape index (κ2) is 4.49. The van der Waals surface area contributed by atoms with Crippen LogP contribution in [-0.2, 0) is 4.74 Å². The summed E-state index contributed by atoms with van der Waals surface area (Å²) in [7, 11) is 1.77. The predicted molar refractivity (Wildman–Crippen MR) is 64.3 cm³/mol. The number of hydrogen-bond donors (Lipinski definition) is 0. The van der Waals surface area contributed by atoms with Crippen molar-refractivity contribution in [3.63, 3.8) is 0 Å². The van der Waals surface area contributed by atoms with Crippen LogP contribution in [0.25, 0.3) is 0 Å². The van der Waals surface area contributed by atoms with E-state index in [0.29, 0.717) is 6.10 Å². The Kier molecular flexibility index (Phi) is 3.26. The predicted octanol–water partition coefficient (Wildman–Crippen LogP) is 2.38. The van der Waals surface area contributed by atoms with Gasteiger partial charge < -0.3 is 9.64 Å². The molecule has 2 heterocycles. The fourth-order valence-corrected chi connectivity index (χ4v) is 2.34. The summed E-state index contributed by atoms with van der Waals surface area (Å²) in [6.07, 6.45) is 3.29. The Labute approximate surface area is 98.6 Å². The Bertz CT molecular complexity index is 356. The molecule has 0 aliphatic carbocycles. The fourth-order valence-electron chi connectivity index (χ4n) is 1.86. The van der Waals surface area contributed by atoms with Crippen LogP contribution in [0.5, 0.6) is 0 Å². The summed E-state index contributed by atoms with van der Waals surface area (Å²) in [5, 5.41) is 0. The Morgan fingerprint density at radius 3 is 3.07 bits per heavy atom.